The first-order valence-electron chi connectivity index (χ1n) is 10.6. The van der Waals surface area contributed by atoms with Crippen molar-refractivity contribution in [2.75, 3.05) is 20.4 Å². The van der Waals surface area contributed by atoms with Crippen LogP contribution in [-0.2, 0) is 5.41 Å². The van der Waals surface area contributed by atoms with E-state index in [1.165, 1.54) is 43.2 Å². The molecule has 1 aliphatic heterocycles. The highest BCUT2D eigenvalue weighted by Crippen LogP contribution is 2.42. The van der Waals surface area contributed by atoms with Gasteiger partial charge in [-0.3, -0.25) is 0 Å². The molecule has 148 valence electrons. The van der Waals surface area contributed by atoms with Crippen molar-refractivity contribution in [1.29, 1.82) is 0 Å². The van der Waals surface area contributed by atoms with Gasteiger partial charge in [-0.1, -0.05) is 63.4 Å². The van der Waals surface area contributed by atoms with Crippen molar-refractivity contribution >= 4 is 6.21 Å². The molecule has 3 nitrogen and oxygen atoms in total. The fourth-order valence-electron chi connectivity index (χ4n) is 4.66. The quantitative estimate of drug-likeness (QED) is 0.651. The summed E-state index contributed by atoms with van der Waals surface area (Å²) < 4.78 is 14.3. The Morgan fingerprint density at radius 3 is 2.54 bits per heavy atom. The minimum Gasteiger partial charge on any atom is -0.497 e. The summed E-state index contributed by atoms with van der Waals surface area (Å²) in [6.45, 7) is 6.24. The molecule has 0 atom stereocenters. The molecular weight excluding hydrogens is 346 g/mol. The molecule has 2 aromatic carbocycles. The Hall–Kier alpha value is -2.29. The Bertz CT molecular complexity index is 848. The molecule has 0 spiro atoms. The molecule has 0 saturated heterocycles. The van der Waals surface area contributed by atoms with Crippen molar-refractivity contribution in [3.63, 3.8) is 0 Å². The number of ether oxygens (including phenoxy) is 2. The Morgan fingerprint density at radius 2 is 1.82 bits per heavy atom. The molecule has 28 heavy (non-hydrogen) atoms. The van der Waals surface area contributed by atoms with Crippen LogP contribution < -0.4 is 9.47 Å². The Balaban J connectivity index is 1.70. The zero-order valence-corrected chi connectivity index (χ0v) is 17.4. The fourth-order valence-corrected chi connectivity index (χ4v) is 4.66. The lowest BCUT2D eigenvalue weighted by Crippen LogP contribution is -2.31. The normalized spacial score (nSPS) is 17.5. The molecule has 2 aliphatic rings. The number of fused-ring (bicyclic) bond motifs is 1. The summed E-state index contributed by atoms with van der Waals surface area (Å²) in [5.74, 6) is 2.67. The van der Waals surface area contributed by atoms with E-state index in [1.807, 2.05) is 0 Å². The van der Waals surface area contributed by atoms with E-state index in [4.69, 9.17) is 9.47 Å². The van der Waals surface area contributed by atoms with Gasteiger partial charge in [0, 0.05) is 16.9 Å². The molecule has 1 fully saturated rings. The highest BCUT2D eigenvalue weighted by Gasteiger charge is 2.32. The van der Waals surface area contributed by atoms with E-state index in [-0.39, 0.29) is 5.41 Å². The van der Waals surface area contributed by atoms with Crippen LogP contribution in [0, 0.1) is 5.92 Å². The van der Waals surface area contributed by atoms with E-state index in [9.17, 15) is 0 Å². The molecule has 2 aromatic rings. The maximum Gasteiger partial charge on any atom is 0.287 e. The van der Waals surface area contributed by atoms with Gasteiger partial charge in [-0.25, -0.2) is 4.58 Å². The summed E-state index contributed by atoms with van der Waals surface area (Å²) >= 11 is 0. The first kappa shape index (κ1) is 19.0. The molecule has 0 unspecified atom stereocenters. The van der Waals surface area contributed by atoms with Crippen LogP contribution in [0.1, 0.15) is 62.6 Å². The van der Waals surface area contributed by atoms with E-state index in [0.717, 1.165) is 29.5 Å². The van der Waals surface area contributed by atoms with Crippen molar-refractivity contribution in [2.24, 2.45) is 5.92 Å². The number of hydrogen-bond donors (Lipinski definition) is 0. The fraction of sp³-hybridized carbons (Fsp3) is 0.480. The first-order chi connectivity index (χ1) is 13.6. The predicted molar refractivity (Wildman–Crippen MR) is 114 cm³/mol. The van der Waals surface area contributed by atoms with Gasteiger partial charge in [0.05, 0.1) is 12.7 Å². The molecule has 0 bridgehead atoms. The summed E-state index contributed by atoms with van der Waals surface area (Å²) in [4.78, 5) is 0. The molecule has 3 heteroatoms. The van der Waals surface area contributed by atoms with Gasteiger partial charge >= 0.3 is 0 Å². The van der Waals surface area contributed by atoms with Gasteiger partial charge in [0.2, 0.25) is 0 Å². The minimum atomic E-state index is -0.167. The molecule has 0 aromatic heterocycles. The van der Waals surface area contributed by atoms with Crippen LogP contribution in [-0.4, -0.2) is 31.2 Å². The van der Waals surface area contributed by atoms with Crippen LogP contribution >= 0.6 is 0 Å². The van der Waals surface area contributed by atoms with E-state index in [2.05, 4.69) is 67.1 Å². The number of hydrogen-bond acceptors (Lipinski definition) is 2. The highest BCUT2D eigenvalue weighted by atomic mass is 16.5. The Kier molecular flexibility index (Phi) is 5.43. The van der Waals surface area contributed by atoms with Gasteiger partial charge in [0.15, 0.2) is 6.21 Å². The lowest BCUT2D eigenvalue weighted by atomic mass is 9.77. The van der Waals surface area contributed by atoms with Gasteiger partial charge in [-0.15, -0.1) is 0 Å². The molecule has 1 aliphatic carbocycles. The highest BCUT2D eigenvalue weighted by molar-refractivity contribution is 5.83. The molecule has 0 radical (unpaired) electrons. The number of nitrogens with zero attached hydrogens (tertiary/aromatic N) is 1. The minimum absolute atomic E-state index is 0.167. The summed E-state index contributed by atoms with van der Waals surface area (Å²) in [6, 6.07) is 14.9. The average Bonchev–Trinajstić information content (AvgIpc) is 2.74. The standard InChI is InChI=1S/C25H32NO2/c1-25(2,21-12-8-5-9-13-21)23-15-22(27-3)14-20-17-26(18-28-24(20)23)16-19-10-6-4-7-11-19/h5,8-9,12-15,17,19H,4,6-7,10-11,16,18H2,1-3H3/q+1. The summed E-state index contributed by atoms with van der Waals surface area (Å²) in [5.41, 5.74) is 3.42. The average molecular weight is 379 g/mol. The smallest absolute Gasteiger partial charge is 0.287 e. The van der Waals surface area contributed by atoms with Gasteiger partial charge in [-0.05, 0) is 30.5 Å². The maximum absolute atomic E-state index is 6.36. The maximum atomic E-state index is 6.36. The van der Waals surface area contributed by atoms with Crippen LogP contribution in [0.2, 0.25) is 0 Å². The Labute approximate surface area is 169 Å². The summed E-state index contributed by atoms with van der Waals surface area (Å²) in [6.07, 6.45) is 9.12. The third-order valence-corrected chi connectivity index (χ3v) is 6.41. The molecular formula is C25H32NO2+. The van der Waals surface area contributed by atoms with E-state index < -0.39 is 0 Å². The second-order valence-corrected chi connectivity index (χ2v) is 8.76. The topological polar surface area (TPSA) is 21.5 Å². The van der Waals surface area contributed by atoms with E-state index in [0.29, 0.717) is 6.73 Å². The molecule has 0 N–H and O–H groups in total. The van der Waals surface area contributed by atoms with Crippen molar-refractivity contribution < 1.29 is 14.0 Å². The van der Waals surface area contributed by atoms with E-state index >= 15 is 0 Å². The second kappa shape index (κ2) is 7.98. The molecule has 4 rings (SSSR count). The van der Waals surface area contributed by atoms with Crippen LogP contribution in [0.5, 0.6) is 11.5 Å². The van der Waals surface area contributed by atoms with Gasteiger partial charge in [0.25, 0.3) is 6.73 Å². The van der Waals surface area contributed by atoms with Crippen LogP contribution in [0.4, 0.5) is 0 Å². The van der Waals surface area contributed by atoms with Crippen LogP contribution in [0.25, 0.3) is 0 Å². The SMILES string of the molecule is COc1cc2c(c(C(C)(C)c3ccccc3)c1)OC[N+](CC1CCCCC1)=C2. The first-order valence-corrected chi connectivity index (χ1v) is 10.6. The summed E-state index contributed by atoms with van der Waals surface area (Å²) in [7, 11) is 1.74. The van der Waals surface area contributed by atoms with Crippen molar-refractivity contribution in [1.82, 2.24) is 0 Å². The number of benzene rings is 2. The molecule has 0 amide bonds. The van der Waals surface area contributed by atoms with Crippen LogP contribution in [0.3, 0.4) is 0 Å². The van der Waals surface area contributed by atoms with Crippen LogP contribution in [0.15, 0.2) is 42.5 Å². The van der Waals surface area contributed by atoms with E-state index in [1.54, 1.807) is 7.11 Å². The lowest BCUT2D eigenvalue weighted by Gasteiger charge is -2.30. The predicted octanol–water partition coefficient (Wildman–Crippen LogP) is 5.38. The van der Waals surface area contributed by atoms with Crippen molar-refractivity contribution in [3.8, 4) is 11.5 Å². The second-order valence-electron chi connectivity index (χ2n) is 8.76. The lowest BCUT2D eigenvalue weighted by molar-refractivity contribution is -0.563. The number of rotatable bonds is 5. The monoisotopic (exact) mass is 378 g/mol. The number of methoxy groups -OCH3 is 1. The van der Waals surface area contributed by atoms with Gasteiger partial charge in [-0.2, -0.15) is 0 Å². The van der Waals surface area contributed by atoms with Gasteiger partial charge < -0.3 is 9.47 Å². The summed E-state index contributed by atoms with van der Waals surface area (Å²) in [5, 5.41) is 0. The molecule has 1 saturated carbocycles. The largest absolute Gasteiger partial charge is 0.497 e. The Morgan fingerprint density at radius 1 is 1.07 bits per heavy atom. The zero-order valence-electron chi connectivity index (χ0n) is 17.4. The van der Waals surface area contributed by atoms with Crippen molar-refractivity contribution in [3.05, 3.63) is 59.2 Å². The van der Waals surface area contributed by atoms with Gasteiger partial charge in [0.1, 0.15) is 18.0 Å². The third kappa shape index (κ3) is 3.80. The molecule has 1 heterocycles. The third-order valence-electron chi connectivity index (χ3n) is 6.41. The zero-order chi connectivity index (χ0) is 19.6. The van der Waals surface area contributed by atoms with Crippen molar-refractivity contribution in [2.45, 2.75) is 51.4 Å².